The molecular weight excluding hydrogens is 420 g/mol. The molecule has 0 spiro atoms. The van der Waals surface area contributed by atoms with Crippen LogP contribution < -0.4 is 4.74 Å². The van der Waals surface area contributed by atoms with Crippen LogP contribution in [-0.2, 0) is 11.2 Å². The van der Waals surface area contributed by atoms with Gasteiger partial charge in [0.05, 0.1) is 18.7 Å². The van der Waals surface area contributed by atoms with Crippen molar-refractivity contribution < 1.29 is 14.6 Å². The van der Waals surface area contributed by atoms with Crippen LogP contribution in [0.5, 0.6) is 5.75 Å². The molecule has 0 radical (unpaired) electrons. The summed E-state index contributed by atoms with van der Waals surface area (Å²) in [6, 6.07) is 8.20. The molecule has 0 fully saturated rings. The van der Waals surface area contributed by atoms with Gasteiger partial charge in [-0.05, 0) is 55.3 Å². The molecule has 1 aromatic heterocycles. The van der Waals surface area contributed by atoms with E-state index in [-0.39, 0.29) is 18.5 Å². The Balaban J connectivity index is 1.74. The number of hydrogen-bond donors (Lipinski definition) is 1. The fourth-order valence-electron chi connectivity index (χ4n) is 4.40. The summed E-state index contributed by atoms with van der Waals surface area (Å²) < 4.78 is 6.23. The van der Waals surface area contributed by atoms with Crippen LogP contribution in [0, 0.1) is 13.8 Å². The van der Waals surface area contributed by atoms with Crippen molar-refractivity contribution in [1.29, 1.82) is 0 Å². The maximum Gasteiger partial charge on any atom is 0.237 e. The second-order valence-electron chi connectivity index (χ2n) is 8.66. The lowest BCUT2D eigenvalue weighted by atomic mass is 10.00. The first-order chi connectivity index (χ1) is 15.4. The summed E-state index contributed by atoms with van der Waals surface area (Å²) in [7, 11) is 0. The van der Waals surface area contributed by atoms with Gasteiger partial charge in [-0.1, -0.05) is 37.1 Å². The zero-order valence-corrected chi connectivity index (χ0v) is 20.4. The lowest BCUT2D eigenvalue weighted by molar-refractivity contribution is -0.136. The average Bonchev–Trinajstić information content (AvgIpc) is 3.22. The van der Waals surface area contributed by atoms with E-state index in [9.17, 15) is 9.90 Å². The van der Waals surface area contributed by atoms with Gasteiger partial charge in [0.15, 0.2) is 0 Å². The number of nitrogens with zero attached hydrogens (tertiary/aromatic N) is 2. The van der Waals surface area contributed by atoms with E-state index in [4.69, 9.17) is 4.74 Å². The summed E-state index contributed by atoms with van der Waals surface area (Å²) in [5.41, 5.74) is 3.50. The van der Waals surface area contributed by atoms with Crippen molar-refractivity contribution in [2.75, 3.05) is 32.8 Å². The van der Waals surface area contributed by atoms with E-state index in [2.05, 4.69) is 50.9 Å². The van der Waals surface area contributed by atoms with Gasteiger partial charge in [-0.2, -0.15) is 0 Å². The van der Waals surface area contributed by atoms with Crippen LogP contribution in [0.4, 0.5) is 0 Å². The van der Waals surface area contributed by atoms with Gasteiger partial charge in [-0.25, -0.2) is 0 Å². The number of thiophene rings is 1. The van der Waals surface area contributed by atoms with Crippen molar-refractivity contribution in [2.45, 2.75) is 52.2 Å². The number of fused-ring (bicyclic) bond motifs is 1. The zero-order valence-electron chi connectivity index (χ0n) is 19.5. The highest BCUT2D eigenvalue weighted by molar-refractivity contribution is 7.10. The first-order valence-electron chi connectivity index (χ1n) is 11.5. The lowest BCUT2D eigenvalue weighted by Gasteiger charge is -2.37. The molecule has 32 heavy (non-hydrogen) atoms. The van der Waals surface area contributed by atoms with Crippen LogP contribution in [0.2, 0.25) is 0 Å². The molecule has 1 aliphatic heterocycles. The van der Waals surface area contributed by atoms with Gasteiger partial charge < -0.3 is 14.7 Å². The Hall–Kier alpha value is -2.15. The summed E-state index contributed by atoms with van der Waals surface area (Å²) in [6.45, 7) is 12.4. The molecule has 5 nitrogen and oxygen atoms in total. The Morgan fingerprint density at radius 1 is 1.41 bits per heavy atom. The van der Waals surface area contributed by atoms with Crippen molar-refractivity contribution >= 4 is 17.2 Å². The number of ether oxygens (including phenoxy) is 1. The largest absolute Gasteiger partial charge is 0.491 e. The highest BCUT2D eigenvalue weighted by Crippen LogP contribution is 2.34. The third-order valence-electron chi connectivity index (χ3n) is 5.98. The summed E-state index contributed by atoms with van der Waals surface area (Å²) in [4.78, 5) is 18.7. The van der Waals surface area contributed by atoms with Gasteiger partial charge >= 0.3 is 0 Å². The molecule has 2 aromatic rings. The number of carbonyl (C=O) groups excluding carboxylic acids is 1. The summed E-state index contributed by atoms with van der Waals surface area (Å²) in [6.07, 6.45) is 3.89. The van der Waals surface area contributed by atoms with Crippen LogP contribution in [0.15, 0.2) is 42.3 Å². The van der Waals surface area contributed by atoms with Crippen molar-refractivity contribution in [3.8, 4) is 5.75 Å². The minimum Gasteiger partial charge on any atom is -0.491 e. The Bertz CT molecular complexity index is 910. The molecule has 1 aliphatic rings. The first-order valence-corrected chi connectivity index (χ1v) is 12.4. The van der Waals surface area contributed by atoms with Crippen LogP contribution >= 0.6 is 11.3 Å². The first kappa shape index (κ1) is 24.5. The molecule has 0 aliphatic carbocycles. The van der Waals surface area contributed by atoms with E-state index in [1.165, 1.54) is 16.0 Å². The van der Waals surface area contributed by atoms with E-state index in [1.54, 1.807) is 17.4 Å². The van der Waals surface area contributed by atoms with Crippen LogP contribution in [0.25, 0.3) is 0 Å². The van der Waals surface area contributed by atoms with Crippen molar-refractivity contribution in [3.63, 3.8) is 0 Å². The minimum absolute atomic E-state index is 0.0710. The van der Waals surface area contributed by atoms with Crippen LogP contribution in [-0.4, -0.2) is 59.7 Å². The highest BCUT2D eigenvalue weighted by Gasteiger charge is 2.33. The Morgan fingerprint density at radius 3 is 2.94 bits per heavy atom. The second-order valence-corrected chi connectivity index (χ2v) is 9.66. The Morgan fingerprint density at radius 2 is 2.22 bits per heavy atom. The van der Waals surface area contributed by atoms with Gasteiger partial charge in [0.2, 0.25) is 5.91 Å². The molecule has 2 atom stereocenters. The van der Waals surface area contributed by atoms with E-state index in [0.29, 0.717) is 26.2 Å². The molecule has 174 valence electrons. The summed E-state index contributed by atoms with van der Waals surface area (Å²) in [5, 5.41) is 12.4. The number of hydrogen-bond acceptors (Lipinski definition) is 5. The molecule has 2 heterocycles. The van der Waals surface area contributed by atoms with Crippen molar-refractivity contribution in [2.24, 2.45) is 0 Å². The molecular formula is C26H36N2O3S. The van der Waals surface area contributed by atoms with E-state index in [0.717, 1.165) is 30.6 Å². The van der Waals surface area contributed by atoms with Gasteiger partial charge in [0.1, 0.15) is 12.4 Å². The quantitative estimate of drug-likeness (QED) is 0.505. The molecule has 3 rings (SSSR count). The van der Waals surface area contributed by atoms with Crippen molar-refractivity contribution in [3.05, 3.63) is 63.9 Å². The molecule has 1 aromatic carbocycles. The predicted octanol–water partition coefficient (Wildman–Crippen LogP) is 4.52. The van der Waals surface area contributed by atoms with Gasteiger partial charge in [-0.3, -0.25) is 9.69 Å². The number of benzene rings is 1. The van der Waals surface area contributed by atoms with Crippen LogP contribution in [0.3, 0.4) is 0 Å². The molecule has 0 saturated heterocycles. The second kappa shape index (κ2) is 11.6. The number of carbonyl (C=O) groups is 1. The zero-order chi connectivity index (χ0) is 23.1. The van der Waals surface area contributed by atoms with Crippen LogP contribution in [0.1, 0.15) is 47.4 Å². The monoisotopic (exact) mass is 456 g/mol. The number of aliphatic hydroxyl groups excluding tert-OH is 1. The predicted molar refractivity (Wildman–Crippen MR) is 131 cm³/mol. The standard InChI is InChI=1S/C26H36N2O3S/c1-5-7-21(29)16-27(12-6-2)17-26(30)28-13-10-25-22(11-14-32-25)23(28)18-31-24-9-8-19(3)15-20(24)4/h6,8-9,11,14-15,21,23,29H,2,5,7,10,12-13,16-18H2,1,3-4H3/t21-,23+/m1/s1. The van der Waals surface area contributed by atoms with Gasteiger partial charge in [0.25, 0.3) is 0 Å². The maximum atomic E-state index is 13.4. The number of aliphatic hydroxyl groups is 1. The maximum absolute atomic E-state index is 13.4. The van der Waals surface area contributed by atoms with Gasteiger partial charge in [-0.15, -0.1) is 17.9 Å². The third kappa shape index (κ3) is 6.21. The van der Waals surface area contributed by atoms with Crippen molar-refractivity contribution in [1.82, 2.24) is 9.80 Å². The smallest absolute Gasteiger partial charge is 0.237 e. The average molecular weight is 457 g/mol. The van der Waals surface area contributed by atoms with E-state index < -0.39 is 6.10 Å². The van der Waals surface area contributed by atoms with E-state index >= 15 is 0 Å². The molecule has 0 saturated carbocycles. The van der Waals surface area contributed by atoms with E-state index in [1.807, 2.05) is 15.9 Å². The summed E-state index contributed by atoms with van der Waals surface area (Å²) >= 11 is 1.76. The SMILES string of the molecule is C=CCN(CC(=O)N1CCc2sccc2[C@@H]1COc1ccc(C)cc1C)C[C@H](O)CCC. The molecule has 1 N–H and O–H groups in total. The topological polar surface area (TPSA) is 53.0 Å². The molecule has 6 heteroatoms. The Kier molecular flexibility index (Phi) is 8.91. The third-order valence-corrected chi connectivity index (χ3v) is 6.98. The molecule has 0 unspecified atom stereocenters. The lowest BCUT2D eigenvalue weighted by Crippen LogP contribution is -2.47. The Labute approximate surface area is 196 Å². The summed E-state index contributed by atoms with van der Waals surface area (Å²) in [5.74, 6) is 0.933. The normalized spacial score (nSPS) is 16.7. The number of aryl methyl sites for hydroxylation is 2. The fraction of sp³-hybridized carbons (Fsp3) is 0.500. The number of rotatable bonds is 11. The fourth-order valence-corrected chi connectivity index (χ4v) is 5.32. The minimum atomic E-state index is -0.429. The molecule has 0 bridgehead atoms. The van der Waals surface area contributed by atoms with Gasteiger partial charge in [0, 0.05) is 24.5 Å². The highest BCUT2D eigenvalue weighted by atomic mass is 32.1. The molecule has 1 amide bonds. The number of amides is 1.